The van der Waals surface area contributed by atoms with Crippen molar-refractivity contribution >= 4 is 17.7 Å². The maximum absolute atomic E-state index is 6.24. The second-order valence-electron chi connectivity index (χ2n) is 4.49. The summed E-state index contributed by atoms with van der Waals surface area (Å²) in [5, 5.41) is 0.614. The molecule has 1 aromatic carbocycles. The fraction of sp³-hybridized carbons (Fsp3) is 0.200. The van der Waals surface area contributed by atoms with E-state index in [0.717, 1.165) is 35.5 Å². The van der Waals surface area contributed by atoms with Crippen molar-refractivity contribution in [2.24, 2.45) is 0 Å². The number of hydrogen-bond donors (Lipinski definition) is 0. The van der Waals surface area contributed by atoms with Crippen LogP contribution in [0.2, 0.25) is 5.02 Å². The van der Waals surface area contributed by atoms with Crippen molar-refractivity contribution < 1.29 is 4.74 Å². The molecular weight excluding hydrogens is 260 g/mol. The number of rotatable bonds is 4. The molecular formula is C15H13ClN2O. The van der Waals surface area contributed by atoms with Crippen LogP contribution in [0, 0.1) is 0 Å². The van der Waals surface area contributed by atoms with E-state index in [2.05, 4.69) is 16.5 Å². The van der Waals surface area contributed by atoms with E-state index in [4.69, 9.17) is 16.3 Å². The zero-order chi connectivity index (χ0) is 13.2. The van der Waals surface area contributed by atoms with E-state index in [9.17, 15) is 0 Å². The van der Waals surface area contributed by atoms with Gasteiger partial charge in [-0.15, -0.1) is 0 Å². The summed E-state index contributed by atoms with van der Waals surface area (Å²) in [6.45, 7) is 3.70. The van der Waals surface area contributed by atoms with Crippen LogP contribution in [0.4, 0.5) is 0 Å². The van der Waals surface area contributed by atoms with Gasteiger partial charge >= 0.3 is 0 Å². The molecule has 19 heavy (non-hydrogen) atoms. The molecule has 0 amide bonds. The van der Waals surface area contributed by atoms with Crippen LogP contribution in [0.3, 0.4) is 0 Å². The summed E-state index contributed by atoms with van der Waals surface area (Å²) in [7, 11) is 0. The Morgan fingerprint density at radius 1 is 1.26 bits per heavy atom. The van der Waals surface area contributed by atoms with Gasteiger partial charge in [0.25, 0.3) is 0 Å². The molecule has 0 unspecified atom stereocenters. The Hall–Kier alpha value is -1.87. The molecule has 1 saturated carbocycles. The van der Waals surface area contributed by atoms with Crippen LogP contribution in [0.5, 0.6) is 5.75 Å². The molecule has 1 aromatic heterocycles. The van der Waals surface area contributed by atoms with Gasteiger partial charge in [0.1, 0.15) is 12.1 Å². The van der Waals surface area contributed by atoms with Crippen molar-refractivity contribution in [3.8, 4) is 17.0 Å². The van der Waals surface area contributed by atoms with Crippen molar-refractivity contribution in [2.45, 2.75) is 18.9 Å². The Morgan fingerprint density at radius 3 is 2.79 bits per heavy atom. The lowest BCUT2D eigenvalue weighted by atomic mass is 10.1. The summed E-state index contributed by atoms with van der Waals surface area (Å²) >= 11 is 6.24. The molecule has 0 aliphatic heterocycles. The Labute approximate surface area is 116 Å². The molecule has 0 atom stereocenters. The standard InChI is InChI=1S/C15H13ClN2O/c1-2-11-8-14(18-9-17-11)10-3-6-15(13(16)7-10)19-12-4-5-12/h2-3,6-9,12H,1,4-5H2. The molecule has 1 heterocycles. The first kappa shape index (κ1) is 12.2. The first-order valence-electron chi connectivity index (χ1n) is 6.17. The Bertz CT molecular complexity index is 623. The third-order valence-electron chi connectivity index (χ3n) is 2.94. The van der Waals surface area contributed by atoms with Gasteiger partial charge in [-0.1, -0.05) is 18.2 Å². The maximum Gasteiger partial charge on any atom is 0.138 e. The molecule has 0 saturated heterocycles. The molecule has 0 N–H and O–H groups in total. The van der Waals surface area contributed by atoms with Gasteiger partial charge in [-0.25, -0.2) is 9.97 Å². The molecule has 0 bridgehead atoms. The average Bonchev–Trinajstić information content (AvgIpc) is 3.25. The van der Waals surface area contributed by atoms with E-state index < -0.39 is 0 Å². The van der Waals surface area contributed by atoms with Crippen molar-refractivity contribution in [2.75, 3.05) is 0 Å². The third-order valence-corrected chi connectivity index (χ3v) is 3.24. The van der Waals surface area contributed by atoms with Crippen LogP contribution >= 0.6 is 11.6 Å². The van der Waals surface area contributed by atoms with Gasteiger partial charge < -0.3 is 4.74 Å². The van der Waals surface area contributed by atoms with E-state index in [0.29, 0.717) is 11.1 Å². The number of aromatic nitrogens is 2. The summed E-state index contributed by atoms with van der Waals surface area (Å²) in [5.74, 6) is 0.742. The highest BCUT2D eigenvalue weighted by Crippen LogP contribution is 2.34. The number of hydrogen-bond acceptors (Lipinski definition) is 3. The van der Waals surface area contributed by atoms with Gasteiger partial charge in [-0.3, -0.25) is 0 Å². The third kappa shape index (κ3) is 2.76. The molecule has 1 aliphatic carbocycles. The second-order valence-corrected chi connectivity index (χ2v) is 4.90. The van der Waals surface area contributed by atoms with Crippen molar-refractivity contribution in [1.82, 2.24) is 9.97 Å². The average molecular weight is 273 g/mol. The number of ether oxygens (including phenoxy) is 1. The number of benzene rings is 1. The quantitative estimate of drug-likeness (QED) is 0.844. The summed E-state index contributed by atoms with van der Waals surface area (Å²) in [5.41, 5.74) is 2.56. The van der Waals surface area contributed by atoms with E-state index in [1.54, 1.807) is 6.08 Å². The molecule has 0 radical (unpaired) electrons. The highest BCUT2D eigenvalue weighted by Gasteiger charge is 2.24. The van der Waals surface area contributed by atoms with E-state index >= 15 is 0 Å². The molecule has 0 spiro atoms. The molecule has 3 rings (SSSR count). The minimum atomic E-state index is 0.342. The SMILES string of the molecule is C=Cc1cc(-c2ccc(OC3CC3)c(Cl)c2)ncn1. The zero-order valence-corrected chi connectivity index (χ0v) is 11.1. The topological polar surface area (TPSA) is 35.0 Å². The minimum Gasteiger partial charge on any atom is -0.489 e. The first-order chi connectivity index (χ1) is 9.26. The monoisotopic (exact) mass is 272 g/mol. The van der Waals surface area contributed by atoms with Gasteiger partial charge in [0.2, 0.25) is 0 Å². The Balaban J connectivity index is 1.91. The summed E-state index contributed by atoms with van der Waals surface area (Å²) in [6.07, 6.45) is 5.79. The predicted octanol–water partition coefficient (Wildman–Crippen LogP) is 3.98. The van der Waals surface area contributed by atoms with Gasteiger partial charge in [0.05, 0.1) is 22.5 Å². The first-order valence-corrected chi connectivity index (χ1v) is 6.55. The van der Waals surface area contributed by atoms with E-state index in [1.807, 2.05) is 24.3 Å². The number of nitrogens with zero attached hydrogens (tertiary/aromatic N) is 2. The lowest BCUT2D eigenvalue weighted by Gasteiger charge is -2.08. The number of halogens is 1. The van der Waals surface area contributed by atoms with Gasteiger partial charge in [-0.2, -0.15) is 0 Å². The molecule has 2 aromatic rings. The predicted molar refractivity (Wildman–Crippen MR) is 76.2 cm³/mol. The Morgan fingerprint density at radius 2 is 2.11 bits per heavy atom. The minimum absolute atomic E-state index is 0.342. The van der Waals surface area contributed by atoms with Crippen LogP contribution in [0.1, 0.15) is 18.5 Å². The van der Waals surface area contributed by atoms with E-state index in [-0.39, 0.29) is 0 Å². The van der Waals surface area contributed by atoms with Crippen LogP contribution in [-0.2, 0) is 0 Å². The molecule has 3 nitrogen and oxygen atoms in total. The zero-order valence-electron chi connectivity index (χ0n) is 10.3. The summed E-state index contributed by atoms with van der Waals surface area (Å²) in [4.78, 5) is 8.33. The normalized spacial score (nSPS) is 14.2. The lowest BCUT2D eigenvalue weighted by Crippen LogP contribution is -1.96. The second kappa shape index (κ2) is 5.02. The largest absolute Gasteiger partial charge is 0.489 e. The summed E-state index contributed by atoms with van der Waals surface area (Å²) in [6, 6.07) is 7.60. The molecule has 1 aliphatic rings. The fourth-order valence-corrected chi connectivity index (χ4v) is 1.99. The summed E-state index contributed by atoms with van der Waals surface area (Å²) < 4.78 is 5.71. The van der Waals surface area contributed by atoms with Gasteiger partial charge in [-0.05, 0) is 43.2 Å². The van der Waals surface area contributed by atoms with Crippen molar-refractivity contribution in [3.63, 3.8) is 0 Å². The van der Waals surface area contributed by atoms with Crippen LogP contribution < -0.4 is 4.74 Å². The van der Waals surface area contributed by atoms with Crippen molar-refractivity contribution in [3.05, 3.63) is 47.9 Å². The highest BCUT2D eigenvalue weighted by molar-refractivity contribution is 6.32. The van der Waals surface area contributed by atoms with E-state index in [1.165, 1.54) is 6.33 Å². The lowest BCUT2D eigenvalue weighted by molar-refractivity contribution is 0.303. The maximum atomic E-state index is 6.24. The smallest absolute Gasteiger partial charge is 0.138 e. The molecule has 96 valence electrons. The van der Waals surface area contributed by atoms with Gasteiger partial charge in [0.15, 0.2) is 0 Å². The van der Waals surface area contributed by atoms with Crippen LogP contribution in [0.25, 0.3) is 17.3 Å². The molecule has 4 heteroatoms. The fourth-order valence-electron chi connectivity index (χ4n) is 1.76. The Kier molecular flexibility index (Phi) is 3.22. The molecule has 1 fully saturated rings. The van der Waals surface area contributed by atoms with Crippen LogP contribution in [-0.4, -0.2) is 16.1 Å². The van der Waals surface area contributed by atoms with Crippen molar-refractivity contribution in [1.29, 1.82) is 0 Å². The highest BCUT2D eigenvalue weighted by atomic mass is 35.5. The van der Waals surface area contributed by atoms with Crippen LogP contribution in [0.15, 0.2) is 37.2 Å². The van der Waals surface area contributed by atoms with Gasteiger partial charge in [0, 0.05) is 5.56 Å².